The second-order valence-corrected chi connectivity index (χ2v) is 7.82. The minimum absolute atomic E-state index is 0.126. The number of amides is 1. The predicted molar refractivity (Wildman–Crippen MR) is 101 cm³/mol. The Bertz CT molecular complexity index is 963. The van der Waals surface area contributed by atoms with Crippen LogP contribution in [-0.4, -0.2) is 21.8 Å². The average molecular weight is 362 g/mol. The fourth-order valence-corrected chi connectivity index (χ4v) is 4.54. The first-order chi connectivity index (χ1) is 12.8. The molecule has 1 aliphatic heterocycles. The molecule has 26 heavy (non-hydrogen) atoms. The Balaban J connectivity index is 1.46. The van der Waals surface area contributed by atoms with E-state index in [0.29, 0.717) is 19.2 Å². The van der Waals surface area contributed by atoms with Crippen LogP contribution in [0.3, 0.4) is 0 Å². The van der Waals surface area contributed by atoms with Crippen LogP contribution in [0.25, 0.3) is 10.4 Å². The lowest BCUT2D eigenvalue weighted by molar-refractivity contribution is 0.0734. The molecular weight excluding hydrogens is 344 g/mol. The number of fused-ring (bicyclic) bond motifs is 3. The number of para-hydroxylation sites is 1. The molecule has 5 heteroatoms. The lowest BCUT2D eigenvalue weighted by Gasteiger charge is -2.21. The molecule has 3 heterocycles. The van der Waals surface area contributed by atoms with Gasteiger partial charge in [-0.25, -0.2) is 0 Å². The van der Waals surface area contributed by atoms with Crippen LogP contribution in [0.4, 0.5) is 0 Å². The van der Waals surface area contributed by atoms with E-state index in [1.807, 2.05) is 41.3 Å². The topological polar surface area (TPSA) is 42.4 Å². The minimum atomic E-state index is 0.126. The molecule has 0 unspecified atom stereocenters. The van der Waals surface area contributed by atoms with E-state index in [9.17, 15) is 4.79 Å². The molecule has 0 spiro atoms. The zero-order valence-corrected chi connectivity index (χ0v) is 15.0. The zero-order valence-electron chi connectivity index (χ0n) is 14.2. The highest BCUT2D eigenvalue weighted by atomic mass is 32.1. The second-order valence-electron chi connectivity index (χ2n) is 6.77. The van der Waals surface area contributed by atoms with Gasteiger partial charge in [-0.1, -0.05) is 12.1 Å². The van der Waals surface area contributed by atoms with E-state index >= 15 is 0 Å². The van der Waals surface area contributed by atoms with E-state index in [4.69, 9.17) is 4.74 Å². The summed E-state index contributed by atoms with van der Waals surface area (Å²) in [5.41, 5.74) is 3.32. The number of thiophene rings is 1. The van der Waals surface area contributed by atoms with Crippen molar-refractivity contribution in [2.45, 2.75) is 32.0 Å². The first-order valence-corrected chi connectivity index (χ1v) is 9.66. The predicted octanol–water partition coefficient (Wildman–Crippen LogP) is 4.51. The lowest BCUT2D eigenvalue weighted by Crippen LogP contribution is -2.32. The normalized spacial score (nSPS) is 14.9. The highest BCUT2D eigenvalue weighted by Gasteiger charge is 2.34. The average Bonchev–Trinajstić information content (AvgIpc) is 3.43. The Morgan fingerprint density at radius 3 is 2.81 bits per heavy atom. The van der Waals surface area contributed by atoms with Gasteiger partial charge >= 0.3 is 0 Å². The van der Waals surface area contributed by atoms with Crippen molar-refractivity contribution < 1.29 is 9.53 Å². The van der Waals surface area contributed by atoms with Crippen LogP contribution in [0.1, 0.15) is 33.6 Å². The van der Waals surface area contributed by atoms with Crippen LogP contribution in [0.15, 0.2) is 54.9 Å². The third kappa shape index (κ3) is 2.78. The smallest absolute Gasteiger partial charge is 0.264 e. The van der Waals surface area contributed by atoms with Gasteiger partial charge in [0.15, 0.2) is 0 Å². The van der Waals surface area contributed by atoms with Gasteiger partial charge in [0.25, 0.3) is 5.91 Å². The van der Waals surface area contributed by atoms with Crippen molar-refractivity contribution in [1.29, 1.82) is 0 Å². The number of hydrogen-bond acceptors (Lipinski definition) is 4. The van der Waals surface area contributed by atoms with Crippen molar-refractivity contribution in [1.82, 2.24) is 9.88 Å². The molecule has 4 nitrogen and oxygen atoms in total. The van der Waals surface area contributed by atoms with Crippen LogP contribution in [-0.2, 0) is 13.2 Å². The Morgan fingerprint density at radius 1 is 1.19 bits per heavy atom. The van der Waals surface area contributed by atoms with Crippen molar-refractivity contribution >= 4 is 17.2 Å². The zero-order chi connectivity index (χ0) is 17.5. The number of aromatic nitrogens is 1. The minimum Gasteiger partial charge on any atom is -0.488 e. The molecule has 3 aromatic rings. The quantitative estimate of drug-likeness (QED) is 0.686. The number of carbonyl (C=O) groups is 1. The van der Waals surface area contributed by atoms with Crippen LogP contribution < -0.4 is 4.74 Å². The molecule has 0 radical (unpaired) electrons. The molecule has 0 N–H and O–H groups in total. The maximum Gasteiger partial charge on any atom is 0.264 e. The molecule has 0 bridgehead atoms. The van der Waals surface area contributed by atoms with E-state index in [1.54, 1.807) is 23.7 Å². The van der Waals surface area contributed by atoms with Crippen molar-refractivity contribution in [3.05, 3.63) is 70.9 Å². The second kappa shape index (κ2) is 6.25. The molecule has 1 amide bonds. The third-order valence-electron chi connectivity index (χ3n) is 4.89. The lowest BCUT2D eigenvalue weighted by atomic mass is 10.1. The summed E-state index contributed by atoms with van der Waals surface area (Å²) in [6, 6.07) is 14.4. The number of benzene rings is 1. The summed E-state index contributed by atoms with van der Waals surface area (Å²) < 4.78 is 5.83. The highest BCUT2D eigenvalue weighted by molar-refractivity contribution is 7.17. The maximum absolute atomic E-state index is 13.2. The molecule has 5 rings (SSSR count). The van der Waals surface area contributed by atoms with E-state index in [0.717, 1.165) is 45.0 Å². The summed E-state index contributed by atoms with van der Waals surface area (Å²) in [4.78, 5) is 21.3. The number of rotatable bonds is 4. The van der Waals surface area contributed by atoms with Crippen molar-refractivity contribution in [2.75, 3.05) is 0 Å². The van der Waals surface area contributed by atoms with Gasteiger partial charge in [-0.3, -0.25) is 9.78 Å². The monoisotopic (exact) mass is 362 g/mol. The van der Waals surface area contributed by atoms with E-state index in [-0.39, 0.29) is 5.91 Å². The molecule has 1 aromatic carbocycles. The fraction of sp³-hybridized carbons (Fsp3) is 0.238. The van der Waals surface area contributed by atoms with Crippen LogP contribution >= 0.6 is 11.3 Å². The molecular formula is C21H18N2O2S. The van der Waals surface area contributed by atoms with Crippen molar-refractivity contribution in [3.63, 3.8) is 0 Å². The van der Waals surface area contributed by atoms with Gasteiger partial charge in [0.2, 0.25) is 0 Å². The number of ether oxygens (including phenoxy) is 1. The van der Waals surface area contributed by atoms with Crippen molar-refractivity contribution in [3.8, 4) is 16.2 Å². The van der Waals surface area contributed by atoms with Crippen LogP contribution in [0.2, 0.25) is 0 Å². The van der Waals surface area contributed by atoms with Gasteiger partial charge in [-0.2, -0.15) is 0 Å². The van der Waals surface area contributed by atoms with Gasteiger partial charge < -0.3 is 9.64 Å². The molecule has 0 atom stereocenters. The number of pyridine rings is 1. The first kappa shape index (κ1) is 15.6. The summed E-state index contributed by atoms with van der Waals surface area (Å²) >= 11 is 1.59. The summed E-state index contributed by atoms with van der Waals surface area (Å²) in [6.45, 7) is 1.17. The highest BCUT2D eigenvalue weighted by Crippen LogP contribution is 2.43. The summed E-state index contributed by atoms with van der Waals surface area (Å²) in [7, 11) is 0. The number of carbonyl (C=O) groups excluding carboxylic acids is 1. The van der Waals surface area contributed by atoms with E-state index < -0.39 is 0 Å². The fourth-order valence-electron chi connectivity index (χ4n) is 3.38. The number of hydrogen-bond donors (Lipinski definition) is 0. The summed E-state index contributed by atoms with van der Waals surface area (Å²) in [5.74, 6) is 1.03. The first-order valence-electron chi connectivity index (χ1n) is 8.84. The molecule has 1 fully saturated rings. The number of nitrogens with zero attached hydrogens (tertiary/aromatic N) is 2. The Hall–Kier alpha value is -2.66. The Labute approximate surface area is 156 Å². The van der Waals surface area contributed by atoms with E-state index in [1.165, 1.54) is 0 Å². The standard InChI is InChI=1S/C21H18N2O2S/c24-21(23(16-5-6-16)12-14-7-9-22-10-8-14)19-11-15-13-25-18-4-2-1-3-17(18)20(15)26-19/h1-4,7-11,16H,5-6,12-13H2. The summed E-state index contributed by atoms with van der Waals surface area (Å²) in [6.07, 6.45) is 5.74. The Kier molecular flexibility index (Phi) is 3.75. The maximum atomic E-state index is 13.2. The molecule has 1 saturated carbocycles. The molecule has 2 aliphatic rings. The van der Waals surface area contributed by atoms with Gasteiger partial charge in [0.1, 0.15) is 12.4 Å². The van der Waals surface area contributed by atoms with Gasteiger partial charge in [-0.15, -0.1) is 11.3 Å². The van der Waals surface area contributed by atoms with Gasteiger partial charge in [0, 0.05) is 41.0 Å². The van der Waals surface area contributed by atoms with E-state index in [2.05, 4.69) is 11.1 Å². The van der Waals surface area contributed by atoms with Crippen molar-refractivity contribution in [2.24, 2.45) is 0 Å². The molecule has 130 valence electrons. The molecule has 1 aliphatic carbocycles. The summed E-state index contributed by atoms with van der Waals surface area (Å²) in [5, 5.41) is 0. The SMILES string of the molecule is O=C(c1cc2c(s1)-c1ccccc1OC2)N(Cc1ccncc1)C1CC1. The molecule has 2 aromatic heterocycles. The largest absolute Gasteiger partial charge is 0.488 e. The van der Waals surface area contributed by atoms with Crippen LogP contribution in [0, 0.1) is 0 Å². The third-order valence-corrected chi connectivity index (χ3v) is 6.08. The molecule has 0 saturated heterocycles. The Morgan fingerprint density at radius 2 is 2.00 bits per heavy atom. The van der Waals surface area contributed by atoms with Gasteiger partial charge in [0.05, 0.1) is 4.88 Å². The van der Waals surface area contributed by atoms with Crippen LogP contribution in [0.5, 0.6) is 5.75 Å². The van der Waals surface area contributed by atoms with Gasteiger partial charge in [-0.05, 0) is 48.7 Å².